The highest BCUT2D eigenvalue weighted by atomic mass is 16.4. The molecule has 3 N–H and O–H groups in total. The van der Waals surface area contributed by atoms with Crippen LogP contribution in [-0.4, -0.2) is 32.9 Å². The number of aliphatic hydroxyl groups is 1. The van der Waals surface area contributed by atoms with E-state index in [1.54, 1.807) is 30.3 Å². The fraction of sp³-hybridized carbons (Fsp3) is 0.273. The molecule has 16 heavy (non-hydrogen) atoms. The summed E-state index contributed by atoms with van der Waals surface area (Å²) in [4.78, 5) is 21.3. The SMILES string of the molecule is O=C(O)C[C@](O)(Cc1ccccc1)C(=O)O. The Morgan fingerprint density at radius 1 is 1.12 bits per heavy atom. The van der Waals surface area contributed by atoms with Gasteiger partial charge in [0.2, 0.25) is 0 Å². The number of aliphatic carboxylic acids is 2. The van der Waals surface area contributed by atoms with Crippen LogP contribution >= 0.6 is 0 Å². The van der Waals surface area contributed by atoms with Crippen molar-refractivity contribution in [1.82, 2.24) is 0 Å². The Kier molecular flexibility index (Phi) is 3.63. The number of carboxylic acids is 2. The largest absolute Gasteiger partial charge is 0.481 e. The lowest BCUT2D eigenvalue weighted by Gasteiger charge is -2.21. The van der Waals surface area contributed by atoms with Crippen molar-refractivity contribution in [2.45, 2.75) is 18.4 Å². The molecule has 0 unspecified atom stereocenters. The van der Waals surface area contributed by atoms with Crippen molar-refractivity contribution in [1.29, 1.82) is 0 Å². The summed E-state index contributed by atoms with van der Waals surface area (Å²) < 4.78 is 0. The van der Waals surface area contributed by atoms with Crippen molar-refractivity contribution < 1.29 is 24.9 Å². The summed E-state index contributed by atoms with van der Waals surface area (Å²) in [5.74, 6) is -2.88. The normalized spacial score (nSPS) is 14.1. The first kappa shape index (κ1) is 12.2. The van der Waals surface area contributed by atoms with E-state index in [2.05, 4.69) is 0 Å². The van der Waals surface area contributed by atoms with Crippen molar-refractivity contribution in [2.75, 3.05) is 0 Å². The van der Waals surface area contributed by atoms with E-state index in [1.165, 1.54) is 0 Å². The first-order valence-corrected chi connectivity index (χ1v) is 4.65. The van der Waals surface area contributed by atoms with Crippen LogP contribution in [0.1, 0.15) is 12.0 Å². The Labute approximate surface area is 92.0 Å². The summed E-state index contributed by atoms with van der Waals surface area (Å²) in [6, 6.07) is 8.41. The molecule has 86 valence electrons. The van der Waals surface area contributed by atoms with Crippen LogP contribution in [0.3, 0.4) is 0 Å². The second-order valence-electron chi connectivity index (χ2n) is 3.57. The summed E-state index contributed by atoms with van der Waals surface area (Å²) in [5.41, 5.74) is -1.68. The van der Waals surface area contributed by atoms with E-state index in [-0.39, 0.29) is 6.42 Å². The first-order chi connectivity index (χ1) is 7.44. The standard InChI is InChI=1S/C11H12O5/c12-9(13)7-11(16,10(14)15)6-8-4-2-1-3-5-8/h1-5,16H,6-7H2,(H,12,13)(H,14,15)/t11-/m1/s1. The Morgan fingerprint density at radius 3 is 2.12 bits per heavy atom. The molecule has 0 aromatic heterocycles. The minimum absolute atomic E-state index is 0.227. The van der Waals surface area contributed by atoms with Gasteiger partial charge in [-0.3, -0.25) is 4.79 Å². The van der Waals surface area contributed by atoms with Crippen LogP contribution < -0.4 is 0 Å². The van der Waals surface area contributed by atoms with Gasteiger partial charge in [-0.05, 0) is 5.56 Å². The van der Waals surface area contributed by atoms with Gasteiger partial charge >= 0.3 is 11.9 Å². The van der Waals surface area contributed by atoms with Crippen molar-refractivity contribution >= 4 is 11.9 Å². The Bertz CT molecular complexity index is 387. The molecule has 0 saturated heterocycles. The zero-order valence-corrected chi connectivity index (χ0v) is 8.46. The van der Waals surface area contributed by atoms with Gasteiger partial charge < -0.3 is 15.3 Å². The lowest BCUT2D eigenvalue weighted by Crippen LogP contribution is -2.42. The fourth-order valence-corrected chi connectivity index (χ4v) is 1.40. The average molecular weight is 224 g/mol. The van der Waals surface area contributed by atoms with Crippen LogP contribution in [0.15, 0.2) is 30.3 Å². The van der Waals surface area contributed by atoms with Crippen molar-refractivity contribution in [3.63, 3.8) is 0 Å². The van der Waals surface area contributed by atoms with Gasteiger partial charge in [-0.25, -0.2) is 4.79 Å². The minimum Gasteiger partial charge on any atom is -0.481 e. The highest BCUT2D eigenvalue weighted by Gasteiger charge is 2.38. The van der Waals surface area contributed by atoms with Gasteiger partial charge in [-0.2, -0.15) is 0 Å². The quantitative estimate of drug-likeness (QED) is 0.677. The molecule has 0 spiro atoms. The van der Waals surface area contributed by atoms with Crippen molar-refractivity contribution in [3.8, 4) is 0 Å². The predicted octanol–water partition coefficient (Wildman–Crippen LogP) is 0.519. The molecule has 0 amide bonds. The van der Waals surface area contributed by atoms with E-state index in [9.17, 15) is 14.7 Å². The van der Waals surface area contributed by atoms with Gasteiger partial charge in [0, 0.05) is 6.42 Å². The highest BCUT2D eigenvalue weighted by molar-refractivity contribution is 5.84. The minimum atomic E-state index is -2.26. The van der Waals surface area contributed by atoms with Crippen LogP contribution in [0.4, 0.5) is 0 Å². The second kappa shape index (κ2) is 4.76. The highest BCUT2D eigenvalue weighted by Crippen LogP contribution is 2.18. The molecule has 0 aliphatic rings. The molecule has 0 bridgehead atoms. The average Bonchev–Trinajstić information content (AvgIpc) is 2.17. The molecule has 1 rings (SSSR count). The molecule has 0 radical (unpaired) electrons. The summed E-state index contributed by atoms with van der Waals surface area (Å²) in [6.07, 6.45) is -1.05. The summed E-state index contributed by atoms with van der Waals surface area (Å²) >= 11 is 0. The first-order valence-electron chi connectivity index (χ1n) is 4.65. The molecule has 0 aliphatic carbocycles. The third-order valence-corrected chi connectivity index (χ3v) is 2.18. The predicted molar refractivity (Wildman–Crippen MR) is 55.0 cm³/mol. The van der Waals surface area contributed by atoms with Crippen LogP contribution in [0, 0.1) is 0 Å². The Hall–Kier alpha value is -1.88. The number of benzene rings is 1. The zero-order chi connectivity index (χ0) is 12.2. The van der Waals surface area contributed by atoms with Gasteiger partial charge in [0.05, 0.1) is 6.42 Å². The van der Waals surface area contributed by atoms with Gasteiger partial charge in [0.15, 0.2) is 5.60 Å². The number of rotatable bonds is 5. The van der Waals surface area contributed by atoms with Crippen LogP contribution in [-0.2, 0) is 16.0 Å². The Balaban J connectivity index is 2.87. The molecule has 1 atom stereocenters. The van der Waals surface area contributed by atoms with E-state index >= 15 is 0 Å². The molecular weight excluding hydrogens is 212 g/mol. The third kappa shape index (κ3) is 3.06. The van der Waals surface area contributed by atoms with Gasteiger partial charge in [0.1, 0.15) is 0 Å². The number of hydrogen-bond donors (Lipinski definition) is 3. The van der Waals surface area contributed by atoms with Crippen LogP contribution in [0.5, 0.6) is 0 Å². The van der Waals surface area contributed by atoms with Crippen molar-refractivity contribution in [3.05, 3.63) is 35.9 Å². The van der Waals surface area contributed by atoms with Gasteiger partial charge in [-0.15, -0.1) is 0 Å². The number of hydrogen-bond acceptors (Lipinski definition) is 3. The molecule has 1 aromatic rings. The topological polar surface area (TPSA) is 94.8 Å². The molecule has 5 heteroatoms. The van der Waals surface area contributed by atoms with Gasteiger partial charge in [0.25, 0.3) is 0 Å². The second-order valence-corrected chi connectivity index (χ2v) is 3.57. The third-order valence-electron chi connectivity index (χ3n) is 2.18. The smallest absolute Gasteiger partial charge is 0.336 e. The number of carboxylic acid groups (broad SMARTS) is 2. The van der Waals surface area contributed by atoms with E-state index in [1.807, 2.05) is 0 Å². The van der Waals surface area contributed by atoms with E-state index in [0.29, 0.717) is 5.56 Å². The monoisotopic (exact) mass is 224 g/mol. The summed E-state index contributed by atoms with van der Waals surface area (Å²) in [7, 11) is 0. The summed E-state index contributed by atoms with van der Waals surface area (Å²) in [6.45, 7) is 0. The van der Waals surface area contributed by atoms with E-state index in [4.69, 9.17) is 10.2 Å². The molecule has 0 saturated carbocycles. The molecule has 5 nitrogen and oxygen atoms in total. The maximum atomic E-state index is 10.8. The molecule has 0 heterocycles. The number of carbonyl (C=O) groups is 2. The van der Waals surface area contributed by atoms with E-state index in [0.717, 1.165) is 0 Å². The maximum Gasteiger partial charge on any atom is 0.336 e. The maximum absolute atomic E-state index is 10.8. The molecule has 0 fully saturated rings. The molecule has 1 aromatic carbocycles. The summed E-state index contributed by atoms with van der Waals surface area (Å²) in [5, 5.41) is 27.1. The van der Waals surface area contributed by atoms with Crippen LogP contribution in [0.25, 0.3) is 0 Å². The lowest BCUT2D eigenvalue weighted by molar-refractivity contribution is -0.165. The fourth-order valence-electron chi connectivity index (χ4n) is 1.40. The lowest BCUT2D eigenvalue weighted by atomic mass is 9.91. The van der Waals surface area contributed by atoms with Crippen molar-refractivity contribution in [2.24, 2.45) is 0 Å². The molecule has 0 aliphatic heterocycles. The molecular formula is C11H12O5. The Morgan fingerprint density at radius 2 is 1.69 bits per heavy atom. The van der Waals surface area contributed by atoms with Crippen LogP contribution in [0.2, 0.25) is 0 Å². The zero-order valence-electron chi connectivity index (χ0n) is 8.46. The van der Waals surface area contributed by atoms with E-state index < -0.39 is 24.0 Å². The van der Waals surface area contributed by atoms with Gasteiger partial charge in [-0.1, -0.05) is 30.3 Å².